The molecule has 0 amide bonds. The molecule has 1 heterocycles. The van der Waals surface area contributed by atoms with E-state index in [-0.39, 0.29) is 5.41 Å². The van der Waals surface area contributed by atoms with E-state index in [1.165, 1.54) is 51.4 Å². The van der Waals surface area contributed by atoms with Gasteiger partial charge >= 0.3 is 0 Å². The van der Waals surface area contributed by atoms with Gasteiger partial charge in [0.1, 0.15) is 11.5 Å². The van der Waals surface area contributed by atoms with Gasteiger partial charge in [-0.1, -0.05) is 72.6 Å². The van der Waals surface area contributed by atoms with Crippen molar-refractivity contribution < 1.29 is 4.42 Å². The van der Waals surface area contributed by atoms with E-state index < -0.39 is 0 Å². The summed E-state index contributed by atoms with van der Waals surface area (Å²) in [6.07, 6.45) is 12.1. The first-order chi connectivity index (χ1) is 9.04. The molecule has 1 aromatic rings. The van der Waals surface area contributed by atoms with Gasteiger partial charge in [-0.05, 0) is 18.6 Å². The van der Waals surface area contributed by atoms with Crippen LogP contribution in [0.1, 0.15) is 90.6 Å². The molecule has 0 bridgehead atoms. The normalized spacial score (nSPS) is 12.0. The molecule has 0 unspecified atom stereocenters. The van der Waals surface area contributed by atoms with Crippen molar-refractivity contribution in [2.45, 2.75) is 90.9 Å². The fraction of sp³-hybridized carbons (Fsp3) is 0.778. The van der Waals surface area contributed by atoms with Gasteiger partial charge in [-0.15, -0.1) is 0 Å². The molecule has 19 heavy (non-hydrogen) atoms. The Morgan fingerprint density at radius 1 is 0.842 bits per heavy atom. The molecule has 0 spiro atoms. The first-order valence-corrected chi connectivity index (χ1v) is 8.13. The van der Waals surface area contributed by atoms with Crippen LogP contribution in [0.5, 0.6) is 0 Å². The summed E-state index contributed by atoms with van der Waals surface area (Å²) in [5.41, 5.74) is 0.136. The third kappa shape index (κ3) is 6.84. The second kappa shape index (κ2) is 8.45. The summed E-state index contributed by atoms with van der Waals surface area (Å²) in [5, 5.41) is 0. The van der Waals surface area contributed by atoms with E-state index in [1.807, 2.05) is 0 Å². The van der Waals surface area contributed by atoms with Gasteiger partial charge in [0.25, 0.3) is 0 Å². The minimum Gasteiger partial charge on any atom is -0.466 e. The number of unbranched alkanes of at least 4 members (excludes halogenated alkanes) is 7. The van der Waals surface area contributed by atoms with Crippen LogP contribution in [0.15, 0.2) is 16.5 Å². The minimum atomic E-state index is 0.136. The minimum absolute atomic E-state index is 0.136. The van der Waals surface area contributed by atoms with Gasteiger partial charge in [0.05, 0.1) is 0 Å². The molecule has 0 aliphatic rings. The molecule has 1 rings (SSSR count). The molecule has 0 saturated carbocycles. The predicted molar refractivity (Wildman–Crippen MR) is 83.7 cm³/mol. The van der Waals surface area contributed by atoms with Gasteiger partial charge in [-0.25, -0.2) is 0 Å². The van der Waals surface area contributed by atoms with Crippen molar-refractivity contribution in [3.05, 3.63) is 23.7 Å². The SMILES string of the molecule is CCCCCCCCCCc1ccc(C(C)(C)C)o1. The molecule has 0 N–H and O–H groups in total. The predicted octanol–water partition coefficient (Wildman–Crippen LogP) is 6.26. The molecule has 0 aliphatic carbocycles. The molecule has 0 atom stereocenters. The van der Waals surface area contributed by atoms with Crippen LogP contribution in [0.2, 0.25) is 0 Å². The van der Waals surface area contributed by atoms with Gasteiger partial charge in [-0.2, -0.15) is 0 Å². The summed E-state index contributed by atoms with van der Waals surface area (Å²) in [6.45, 7) is 8.87. The summed E-state index contributed by atoms with van der Waals surface area (Å²) >= 11 is 0. The van der Waals surface area contributed by atoms with E-state index in [4.69, 9.17) is 4.42 Å². The van der Waals surface area contributed by atoms with Crippen molar-refractivity contribution in [1.82, 2.24) is 0 Å². The summed E-state index contributed by atoms with van der Waals surface area (Å²) in [6, 6.07) is 4.29. The van der Waals surface area contributed by atoms with E-state index in [0.29, 0.717) is 0 Å². The zero-order chi connectivity index (χ0) is 14.1. The standard InChI is InChI=1S/C18H32O/c1-5-6-7-8-9-10-11-12-13-16-14-15-17(19-16)18(2,3)4/h14-15H,5-13H2,1-4H3. The Hall–Kier alpha value is -0.720. The average Bonchev–Trinajstić information content (AvgIpc) is 2.81. The molecule has 1 aromatic heterocycles. The average molecular weight is 264 g/mol. The lowest BCUT2D eigenvalue weighted by Gasteiger charge is -2.14. The summed E-state index contributed by atoms with van der Waals surface area (Å²) in [4.78, 5) is 0. The first-order valence-electron chi connectivity index (χ1n) is 8.13. The molecule has 0 aliphatic heterocycles. The lowest BCUT2D eigenvalue weighted by molar-refractivity contribution is 0.382. The largest absolute Gasteiger partial charge is 0.466 e. The van der Waals surface area contributed by atoms with Gasteiger partial charge in [0.15, 0.2) is 0 Å². The van der Waals surface area contributed by atoms with Crippen LogP contribution in [0.4, 0.5) is 0 Å². The van der Waals surface area contributed by atoms with Crippen LogP contribution in [0.3, 0.4) is 0 Å². The molecular weight excluding hydrogens is 232 g/mol. The van der Waals surface area contributed by atoms with Crippen molar-refractivity contribution in [2.75, 3.05) is 0 Å². The van der Waals surface area contributed by atoms with Crippen LogP contribution in [-0.4, -0.2) is 0 Å². The quantitative estimate of drug-likeness (QED) is 0.480. The van der Waals surface area contributed by atoms with Gasteiger partial charge in [0.2, 0.25) is 0 Å². The first kappa shape index (κ1) is 16.3. The van der Waals surface area contributed by atoms with Crippen molar-refractivity contribution in [1.29, 1.82) is 0 Å². The number of rotatable bonds is 9. The van der Waals surface area contributed by atoms with E-state index in [1.54, 1.807) is 0 Å². The Morgan fingerprint density at radius 2 is 1.42 bits per heavy atom. The maximum atomic E-state index is 5.91. The van der Waals surface area contributed by atoms with Crippen LogP contribution in [0, 0.1) is 0 Å². The molecule has 1 heteroatoms. The topological polar surface area (TPSA) is 13.1 Å². The van der Waals surface area contributed by atoms with Gasteiger partial charge in [0, 0.05) is 11.8 Å². The molecule has 1 nitrogen and oxygen atoms in total. The highest BCUT2D eigenvalue weighted by atomic mass is 16.3. The van der Waals surface area contributed by atoms with E-state index in [9.17, 15) is 0 Å². The number of aryl methyl sites for hydroxylation is 1. The van der Waals surface area contributed by atoms with Crippen molar-refractivity contribution in [3.8, 4) is 0 Å². The maximum absolute atomic E-state index is 5.91. The van der Waals surface area contributed by atoms with Crippen molar-refractivity contribution in [3.63, 3.8) is 0 Å². The van der Waals surface area contributed by atoms with Gasteiger partial charge in [-0.3, -0.25) is 0 Å². The molecule has 0 fully saturated rings. The zero-order valence-corrected chi connectivity index (χ0v) is 13.4. The molecular formula is C18H32O. The smallest absolute Gasteiger partial charge is 0.109 e. The maximum Gasteiger partial charge on any atom is 0.109 e. The molecule has 0 radical (unpaired) electrons. The fourth-order valence-corrected chi connectivity index (χ4v) is 2.35. The highest BCUT2D eigenvalue weighted by Gasteiger charge is 2.17. The molecule has 110 valence electrons. The van der Waals surface area contributed by atoms with E-state index in [0.717, 1.165) is 17.9 Å². The van der Waals surface area contributed by atoms with Crippen LogP contribution in [0.25, 0.3) is 0 Å². The number of hydrogen-bond acceptors (Lipinski definition) is 1. The van der Waals surface area contributed by atoms with Crippen LogP contribution < -0.4 is 0 Å². The Morgan fingerprint density at radius 3 is 1.95 bits per heavy atom. The van der Waals surface area contributed by atoms with Gasteiger partial charge < -0.3 is 4.42 Å². The zero-order valence-electron chi connectivity index (χ0n) is 13.4. The highest BCUT2D eigenvalue weighted by Crippen LogP contribution is 2.25. The van der Waals surface area contributed by atoms with Crippen molar-refractivity contribution >= 4 is 0 Å². The second-order valence-electron chi connectivity index (χ2n) is 6.74. The van der Waals surface area contributed by atoms with Crippen LogP contribution >= 0.6 is 0 Å². The highest BCUT2D eigenvalue weighted by molar-refractivity contribution is 5.14. The monoisotopic (exact) mass is 264 g/mol. The third-order valence-electron chi connectivity index (χ3n) is 3.68. The number of hydrogen-bond donors (Lipinski definition) is 0. The lowest BCUT2D eigenvalue weighted by Crippen LogP contribution is -2.09. The Kier molecular flexibility index (Phi) is 7.27. The van der Waals surface area contributed by atoms with E-state index >= 15 is 0 Å². The Labute approximate surface area is 119 Å². The van der Waals surface area contributed by atoms with E-state index in [2.05, 4.69) is 39.8 Å². The number of furan rings is 1. The summed E-state index contributed by atoms with van der Waals surface area (Å²) in [7, 11) is 0. The molecule has 0 aromatic carbocycles. The fourth-order valence-electron chi connectivity index (χ4n) is 2.35. The summed E-state index contributed by atoms with van der Waals surface area (Å²) in [5.74, 6) is 2.28. The lowest BCUT2D eigenvalue weighted by atomic mass is 9.94. The van der Waals surface area contributed by atoms with Crippen molar-refractivity contribution in [2.24, 2.45) is 0 Å². The summed E-state index contributed by atoms with van der Waals surface area (Å²) < 4.78 is 5.91. The Balaban J connectivity index is 2.08. The molecule has 0 saturated heterocycles. The third-order valence-corrected chi connectivity index (χ3v) is 3.68. The van der Waals surface area contributed by atoms with Crippen LogP contribution in [-0.2, 0) is 11.8 Å². The Bertz CT molecular complexity index is 330. The second-order valence-corrected chi connectivity index (χ2v) is 6.74.